The molecule has 6 heteroatoms. The molecule has 0 saturated heterocycles. The second-order valence-corrected chi connectivity index (χ2v) is 11.5. The van der Waals surface area contributed by atoms with Gasteiger partial charge in [-0.1, -0.05) is 26.8 Å². The molecule has 0 fully saturated rings. The second-order valence-electron chi connectivity index (χ2n) is 9.62. The quantitative estimate of drug-likeness (QED) is 0.301. The van der Waals surface area contributed by atoms with E-state index in [-0.39, 0.29) is 10.7 Å². The fraction of sp³-hybridized carbons (Fsp3) is 0.462. The third-order valence-electron chi connectivity index (χ3n) is 5.20. The number of aryl methyl sites for hydroxylation is 1. The summed E-state index contributed by atoms with van der Waals surface area (Å²) in [7, 11) is 2.07. The number of fused-ring (bicyclic) bond motifs is 1. The number of rotatable bonds is 8. The van der Waals surface area contributed by atoms with Gasteiger partial charge in [0, 0.05) is 45.9 Å². The van der Waals surface area contributed by atoms with Crippen molar-refractivity contribution in [3.05, 3.63) is 54.0 Å². The average molecular weight is 455 g/mol. The van der Waals surface area contributed by atoms with Crippen molar-refractivity contribution in [2.75, 3.05) is 6.61 Å². The number of thioether (sulfide) groups is 1. The summed E-state index contributed by atoms with van der Waals surface area (Å²) in [5.74, 6) is 0.636. The number of ether oxygens (including phenoxy) is 2. The second kappa shape index (κ2) is 9.57. The van der Waals surface area contributed by atoms with E-state index in [0.717, 1.165) is 28.0 Å². The molecule has 0 radical (unpaired) electrons. The first-order valence-corrected chi connectivity index (χ1v) is 11.8. The lowest BCUT2D eigenvalue weighted by atomic mass is 9.88. The molecule has 172 valence electrons. The molecular weight excluding hydrogens is 420 g/mol. The number of pyridine rings is 1. The van der Waals surface area contributed by atoms with Gasteiger partial charge in [-0.25, -0.2) is 0 Å². The Morgan fingerprint density at radius 2 is 1.88 bits per heavy atom. The monoisotopic (exact) mass is 454 g/mol. The highest BCUT2D eigenvalue weighted by molar-refractivity contribution is 8.00. The Morgan fingerprint density at radius 3 is 2.50 bits per heavy atom. The first-order valence-electron chi connectivity index (χ1n) is 11.0. The van der Waals surface area contributed by atoms with Gasteiger partial charge >= 0.3 is 5.97 Å². The lowest BCUT2D eigenvalue weighted by Crippen LogP contribution is -2.30. The summed E-state index contributed by atoms with van der Waals surface area (Å²) in [4.78, 5) is 18.1. The van der Waals surface area contributed by atoms with E-state index in [2.05, 4.69) is 49.5 Å². The lowest BCUT2D eigenvalue weighted by molar-refractivity contribution is -0.153. The Morgan fingerprint density at radius 1 is 1.12 bits per heavy atom. The Bertz CT molecular complexity index is 1080. The Labute approximate surface area is 195 Å². The van der Waals surface area contributed by atoms with Gasteiger partial charge in [-0.15, -0.1) is 11.8 Å². The van der Waals surface area contributed by atoms with E-state index in [9.17, 15) is 4.79 Å². The highest BCUT2D eigenvalue weighted by Gasteiger charge is 2.33. The van der Waals surface area contributed by atoms with Crippen LogP contribution in [0.15, 0.2) is 47.5 Å². The van der Waals surface area contributed by atoms with Crippen molar-refractivity contribution in [2.45, 2.75) is 64.2 Å². The number of aromatic nitrogens is 2. The normalized spacial score (nSPS) is 12.2. The molecule has 5 nitrogen and oxygen atoms in total. The SMILES string of the molecule is CCOC(=O)C(C)(C)Cc1c(SC(C)(C)C)c2cc(OCc3ccccn3)ccc2n1C. The standard InChI is InChI=1S/C26H34N2O3S/c1-8-30-24(29)26(5,6)16-22-23(32-25(2,3)4)20-15-19(12-13-21(20)28(22)7)31-17-18-11-9-10-14-27-18/h9-15H,8,16-17H2,1-7H3. The van der Waals surface area contributed by atoms with E-state index in [0.29, 0.717) is 19.6 Å². The molecule has 2 heterocycles. The van der Waals surface area contributed by atoms with E-state index < -0.39 is 5.41 Å². The molecule has 0 spiro atoms. The largest absolute Gasteiger partial charge is 0.487 e. The van der Waals surface area contributed by atoms with E-state index >= 15 is 0 Å². The summed E-state index contributed by atoms with van der Waals surface area (Å²) in [5, 5.41) is 1.14. The number of nitrogens with zero attached hydrogens (tertiary/aromatic N) is 2. The predicted octanol–water partition coefficient (Wildman–Crippen LogP) is 6.17. The molecular formula is C26H34N2O3S. The molecule has 0 N–H and O–H groups in total. The molecule has 32 heavy (non-hydrogen) atoms. The smallest absolute Gasteiger partial charge is 0.311 e. The van der Waals surface area contributed by atoms with Gasteiger partial charge in [0.2, 0.25) is 0 Å². The Kier molecular flexibility index (Phi) is 7.23. The molecule has 0 bridgehead atoms. The molecule has 1 aromatic carbocycles. The number of hydrogen-bond donors (Lipinski definition) is 0. The summed E-state index contributed by atoms with van der Waals surface area (Å²) in [6.45, 7) is 13.2. The summed E-state index contributed by atoms with van der Waals surface area (Å²) in [6.07, 6.45) is 2.37. The van der Waals surface area contributed by atoms with Crippen molar-refractivity contribution in [2.24, 2.45) is 12.5 Å². The van der Waals surface area contributed by atoms with Gasteiger partial charge in [-0.3, -0.25) is 9.78 Å². The van der Waals surface area contributed by atoms with Crippen LogP contribution in [-0.4, -0.2) is 26.9 Å². The number of hydrogen-bond acceptors (Lipinski definition) is 5. The number of carbonyl (C=O) groups excluding carboxylic acids is 1. The molecule has 3 aromatic rings. The van der Waals surface area contributed by atoms with Crippen LogP contribution >= 0.6 is 11.8 Å². The molecule has 0 saturated carbocycles. The summed E-state index contributed by atoms with van der Waals surface area (Å²) < 4.78 is 13.6. The van der Waals surface area contributed by atoms with Gasteiger partial charge in [0.1, 0.15) is 12.4 Å². The summed E-state index contributed by atoms with van der Waals surface area (Å²) >= 11 is 1.83. The Hall–Kier alpha value is -2.47. The fourth-order valence-electron chi connectivity index (χ4n) is 3.61. The zero-order valence-electron chi connectivity index (χ0n) is 20.2. The minimum atomic E-state index is -0.621. The van der Waals surface area contributed by atoms with E-state index in [4.69, 9.17) is 9.47 Å². The summed E-state index contributed by atoms with van der Waals surface area (Å²) in [6, 6.07) is 12.0. The van der Waals surface area contributed by atoms with Gasteiger partial charge in [-0.2, -0.15) is 0 Å². The van der Waals surface area contributed by atoms with E-state index in [1.165, 1.54) is 4.90 Å². The van der Waals surface area contributed by atoms with Crippen LogP contribution in [0.1, 0.15) is 52.9 Å². The highest BCUT2D eigenvalue weighted by Crippen LogP contribution is 2.43. The third-order valence-corrected chi connectivity index (χ3v) is 6.47. The zero-order valence-corrected chi connectivity index (χ0v) is 21.0. The molecule has 0 atom stereocenters. The first kappa shape index (κ1) is 24.2. The van der Waals surface area contributed by atoms with Gasteiger partial charge in [0.15, 0.2) is 0 Å². The molecule has 0 aliphatic rings. The maximum atomic E-state index is 12.6. The molecule has 0 amide bonds. The number of carbonyl (C=O) groups is 1. The third kappa shape index (κ3) is 5.66. The predicted molar refractivity (Wildman–Crippen MR) is 131 cm³/mol. The maximum Gasteiger partial charge on any atom is 0.311 e. The minimum absolute atomic E-state index is 0.0158. The van der Waals surface area contributed by atoms with Crippen LogP contribution in [0.3, 0.4) is 0 Å². The molecule has 0 aliphatic heterocycles. The van der Waals surface area contributed by atoms with Crippen molar-refractivity contribution >= 4 is 28.6 Å². The minimum Gasteiger partial charge on any atom is -0.487 e. The van der Waals surface area contributed by atoms with Crippen molar-refractivity contribution in [3.63, 3.8) is 0 Å². The number of esters is 1. The van der Waals surface area contributed by atoms with Crippen molar-refractivity contribution < 1.29 is 14.3 Å². The molecule has 3 rings (SSSR count). The average Bonchev–Trinajstić information content (AvgIpc) is 2.97. The van der Waals surface area contributed by atoms with Crippen molar-refractivity contribution in [3.8, 4) is 5.75 Å². The van der Waals surface area contributed by atoms with Crippen LogP contribution in [-0.2, 0) is 29.6 Å². The van der Waals surface area contributed by atoms with Crippen LogP contribution in [0.5, 0.6) is 5.75 Å². The van der Waals surface area contributed by atoms with Crippen molar-refractivity contribution in [1.29, 1.82) is 0 Å². The van der Waals surface area contributed by atoms with Crippen LogP contribution in [0.25, 0.3) is 10.9 Å². The number of benzene rings is 1. The van der Waals surface area contributed by atoms with Crippen LogP contribution < -0.4 is 4.74 Å². The van der Waals surface area contributed by atoms with Crippen LogP contribution in [0.2, 0.25) is 0 Å². The zero-order chi connectivity index (χ0) is 23.5. The topological polar surface area (TPSA) is 53.4 Å². The van der Waals surface area contributed by atoms with E-state index in [1.807, 2.05) is 56.8 Å². The van der Waals surface area contributed by atoms with Gasteiger partial charge < -0.3 is 14.0 Å². The van der Waals surface area contributed by atoms with Crippen molar-refractivity contribution in [1.82, 2.24) is 9.55 Å². The fourth-order valence-corrected chi connectivity index (χ4v) is 4.82. The van der Waals surface area contributed by atoms with Crippen LogP contribution in [0, 0.1) is 5.41 Å². The highest BCUT2D eigenvalue weighted by atomic mass is 32.2. The summed E-state index contributed by atoms with van der Waals surface area (Å²) in [5.41, 5.74) is 2.53. The molecule has 0 unspecified atom stereocenters. The molecule has 0 aliphatic carbocycles. The Balaban J connectivity index is 2.01. The van der Waals surface area contributed by atoms with Gasteiger partial charge in [-0.05, 0) is 51.1 Å². The van der Waals surface area contributed by atoms with Gasteiger partial charge in [0.05, 0.1) is 17.7 Å². The lowest BCUT2D eigenvalue weighted by Gasteiger charge is -2.25. The van der Waals surface area contributed by atoms with Gasteiger partial charge in [0.25, 0.3) is 0 Å². The first-order chi connectivity index (χ1) is 15.0. The van der Waals surface area contributed by atoms with E-state index in [1.54, 1.807) is 6.20 Å². The van der Waals surface area contributed by atoms with Crippen LogP contribution in [0.4, 0.5) is 0 Å². The maximum absolute atomic E-state index is 12.6. The molecule has 2 aromatic heterocycles.